The number of aryl methyl sites for hydroxylation is 1. The van der Waals surface area contributed by atoms with Crippen molar-refractivity contribution in [3.8, 4) is 0 Å². The molecule has 9 nitrogen and oxygen atoms in total. The highest BCUT2D eigenvalue weighted by Gasteiger charge is 2.27. The van der Waals surface area contributed by atoms with Gasteiger partial charge in [0.2, 0.25) is 5.95 Å². The second-order valence-corrected chi connectivity index (χ2v) is 6.76. The Kier molecular flexibility index (Phi) is 5.47. The third-order valence-electron chi connectivity index (χ3n) is 4.79. The first kappa shape index (κ1) is 18.7. The van der Waals surface area contributed by atoms with E-state index < -0.39 is 0 Å². The molecule has 9 heteroatoms. The van der Waals surface area contributed by atoms with Crippen LogP contribution < -0.4 is 16.1 Å². The van der Waals surface area contributed by atoms with Crippen LogP contribution in [0.15, 0.2) is 9.59 Å². The first-order valence-corrected chi connectivity index (χ1v) is 9.16. The molecule has 1 aliphatic rings. The van der Waals surface area contributed by atoms with E-state index in [0.717, 1.165) is 13.0 Å². The van der Waals surface area contributed by atoms with E-state index in [1.54, 1.807) is 14.0 Å². The van der Waals surface area contributed by atoms with E-state index in [4.69, 9.17) is 4.74 Å². The van der Waals surface area contributed by atoms with Crippen LogP contribution in [0.3, 0.4) is 0 Å². The van der Waals surface area contributed by atoms with Crippen molar-refractivity contribution in [2.45, 2.75) is 52.3 Å². The standard InChI is InChI=1S/C17H27N5O4/c1-4-26-11-20-9-10-21-13-14(18-16(20)21)19(3)17(25)22(15(13)24)8-6-5-7-12(2)23/h12,23H,4-11H2,1-3H3/t12-/m1/s1. The Hall–Kier alpha value is -2.13. The van der Waals surface area contributed by atoms with E-state index in [2.05, 4.69) is 4.98 Å². The van der Waals surface area contributed by atoms with Crippen LogP contribution in [0.2, 0.25) is 0 Å². The maximum atomic E-state index is 13.0. The van der Waals surface area contributed by atoms with Crippen LogP contribution in [-0.4, -0.2) is 49.8 Å². The largest absolute Gasteiger partial charge is 0.393 e. The summed E-state index contributed by atoms with van der Waals surface area (Å²) < 4.78 is 10.1. The first-order chi connectivity index (χ1) is 12.5. The van der Waals surface area contributed by atoms with Gasteiger partial charge in [-0.25, -0.2) is 4.79 Å². The van der Waals surface area contributed by atoms with E-state index in [1.165, 1.54) is 9.13 Å². The number of ether oxygens (including phenoxy) is 1. The van der Waals surface area contributed by atoms with Crippen LogP contribution in [0.5, 0.6) is 0 Å². The lowest BCUT2D eigenvalue weighted by atomic mass is 10.2. The molecule has 0 bridgehead atoms. The SMILES string of the molecule is CCOCN1CCn2c1nc1c2c(=O)n(CCCC[C@@H](C)O)c(=O)n1C. The number of fused-ring (bicyclic) bond motifs is 3. The lowest BCUT2D eigenvalue weighted by Gasteiger charge is -2.14. The number of anilines is 1. The van der Waals surface area contributed by atoms with Crippen molar-refractivity contribution in [2.75, 3.05) is 24.8 Å². The monoisotopic (exact) mass is 365 g/mol. The predicted molar refractivity (Wildman–Crippen MR) is 98.6 cm³/mol. The van der Waals surface area contributed by atoms with Crippen LogP contribution in [0.4, 0.5) is 5.95 Å². The molecule has 0 fully saturated rings. The number of hydrogen-bond acceptors (Lipinski definition) is 6. The molecule has 26 heavy (non-hydrogen) atoms. The summed E-state index contributed by atoms with van der Waals surface area (Å²) in [6, 6.07) is 0. The molecule has 2 aromatic heterocycles. The normalized spacial score (nSPS) is 15.0. The van der Waals surface area contributed by atoms with Crippen LogP contribution in [0.1, 0.15) is 33.1 Å². The number of unbranched alkanes of at least 4 members (excludes halogenated alkanes) is 1. The number of imidazole rings is 1. The quantitative estimate of drug-likeness (QED) is 0.675. The lowest BCUT2D eigenvalue weighted by molar-refractivity contribution is 0.148. The molecule has 0 aliphatic carbocycles. The summed E-state index contributed by atoms with van der Waals surface area (Å²) in [5.41, 5.74) is 0.234. The highest BCUT2D eigenvalue weighted by Crippen LogP contribution is 2.24. The summed E-state index contributed by atoms with van der Waals surface area (Å²) in [5, 5.41) is 9.35. The molecule has 3 heterocycles. The van der Waals surface area contributed by atoms with Gasteiger partial charge in [0.15, 0.2) is 11.2 Å². The fourth-order valence-corrected chi connectivity index (χ4v) is 3.36. The van der Waals surface area contributed by atoms with E-state index in [0.29, 0.717) is 56.4 Å². The number of aliphatic hydroxyl groups excluding tert-OH is 1. The molecule has 1 N–H and O–H groups in total. The van der Waals surface area contributed by atoms with Gasteiger partial charge in [0.05, 0.1) is 6.10 Å². The molecule has 0 unspecified atom stereocenters. The summed E-state index contributed by atoms with van der Waals surface area (Å²) >= 11 is 0. The van der Waals surface area contributed by atoms with Crippen molar-refractivity contribution in [1.82, 2.24) is 18.7 Å². The van der Waals surface area contributed by atoms with E-state index in [-0.39, 0.29) is 17.4 Å². The molecule has 0 radical (unpaired) electrons. The second kappa shape index (κ2) is 7.63. The van der Waals surface area contributed by atoms with Gasteiger partial charge in [-0.1, -0.05) is 0 Å². The third kappa shape index (κ3) is 3.28. The molecule has 1 atom stereocenters. The van der Waals surface area contributed by atoms with Gasteiger partial charge in [-0.15, -0.1) is 0 Å². The molecule has 0 saturated heterocycles. The van der Waals surface area contributed by atoms with Crippen molar-refractivity contribution in [3.63, 3.8) is 0 Å². The van der Waals surface area contributed by atoms with Gasteiger partial charge >= 0.3 is 5.69 Å². The van der Waals surface area contributed by atoms with Gasteiger partial charge in [0.1, 0.15) is 6.73 Å². The molecule has 2 aromatic rings. The number of aromatic nitrogens is 4. The van der Waals surface area contributed by atoms with E-state index >= 15 is 0 Å². The zero-order chi connectivity index (χ0) is 18.8. The first-order valence-electron chi connectivity index (χ1n) is 9.16. The van der Waals surface area contributed by atoms with Crippen molar-refractivity contribution in [2.24, 2.45) is 7.05 Å². The average Bonchev–Trinajstić information content (AvgIpc) is 3.16. The van der Waals surface area contributed by atoms with Gasteiger partial charge in [-0.2, -0.15) is 4.98 Å². The Morgan fingerprint density at radius 3 is 2.73 bits per heavy atom. The number of rotatable bonds is 8. The average molecular weight is 365 g/mol. The van der Waals surface area contributed by atoms with E-state index in [9.17, 15) is 14.7 Å². The summed E-state index contributed by atoms with van der Waals surface area (Å²) in [5.74, 6) is 0.674. The Balaban J connectivity index is 1.97. The topological polar surface area (TPSA) is 94.5 Å². The van der Waals surface area contributed by atoms with Gasteiger partial charge < -0.3 is 19.3 Å². The number of nitrogens with zero attached hydrogens (tertiary/aromatic N) is 5. The van der Waals surface area contributed by atoms with Crippen LogP contribution in [0.25, 0.3) is 11.2 Å². The van der Waals surface area contributed by atoms with Crippen LogP contribution in [0, 0.1) is 0 Å². The summed E-state index contributed by atoms with van der Waals surface area (Å²) in [6.07, 6.45) is 1.72. The Morgan fingerprint density at radius 2 is 2.04 bits per heavy atom. The number of hydrogen-bond donors (Lipinski definition) is 1. The van der Waals surface area contributed by atoms with Gasteiger partial charge in [-0.3, -0.25) is 13.9 Å². The van der Waals surface area contributed by atoms with Crippen LogP contribution in [-0.2, 0) is 24.9 Å². The Morgan fingerprint density at radius 1 is 1.27 bits per heavy atom. The Bertz CT molecular complexity index is 895. The lowest BCUT2D eigenvalue weighted by Crippen LogP contribution is -2.39. The molecule has 1 aliphatic heterocycles. The van der Waals surface area contributed by atoms with Gasteiger partial charge in [0, 0.05) is 33.3 Å². The minimum Gasteiger partial charge on any atom is -0.393 e. The second-order valence-electron chi connectivity index (χ2n) is 6.76. The minimum atomic E-state index is -0.369. The van der Waals surface area contributed by atoms with Crippen molar-refractivity contribution >= 4 is 17.1 Å². The number of aliphatic hydroxyl groups is 1. The van der Waals surface area contributed by atoms with Crippen molar-refractivity contribution in [3.05, 3.63) is 20.8 Å². The molecule has 0 amide bonds. The molecular weight excluding hydrogens is 338 g/mol. The zero-order valence-corrected chi connectivity index (χ0v) is 15.6. The Labute approximate surface area is 151 Å². The molecule has 144 valence electrons. The fourth-order valence-electron chi connectivity index (χ4n) is 3.36. The molecule has 0 aromatic carbocycles. The summed E-state index contributed by atoms with van der Waals surface area (Å²) in [6.45, 7) is 6.41. The summed E-state index contributed by atoms with van der Waals surface area (Å²) in [7, 11) is 1.64. The molecule has 0 saturated carbocycles. The zero-order valence-electron chi connectivity index (χ0n) is 15.6. The van der Waals surface area contributed by atoms with Gasteiger partial charge in [0.25, 0.3) is 5.56 Å². The maximum absolute atomic E-state index is 13.0. The van der Waals surface area contributed by atoms with Crippen molar-refractivity contribution < 1.29 is 9.84 Å². The molecule has 3 rings (SSSR count). The predicted octanol–water partition coefficient (Wildman–Crippen LogP) is 0.262. The fraction of sp³-hybridized carbons (Fsp3) is 0.706. The van der Waals surface area contributed by atoms with E-state index in [1.807, 2.05) is 16.4 Å². The molecular formula is C17H27N5O4. The molecule has 0 spiro atoms. The van der Waals surface area contributed by atoms with Crippen LogP contribution >= 0.6 is 0 Å². The minimum absolute atomic E-state index is 0.294. The highest BCUT2D eigenvalue weighted by atomic mass is 16.5. The third-order valence-corrected chi connectivity index (χ3v) is 4.79. The highest BCUT2D eigenvalue weighted by molar-refractivity contribution is 5.75. The van der Waals surface area contributed by atoms with Crippen molar-refractivity contribution in [1.29, 1.82) is 0 Å². The van der Waals surface area contributed by atoms with Gasteiger partial charge in [-0.05, 0) is 33.1 Å². The smallest absolute Gasteiger partial charge is 0.332 e. The maximum Gasteiger partial charge on any atom is 0.332 e. The summed E-state index contributed by atoms with van der Waals surface area (Å²) in [4.78, 5) is 32.1.